The highest BCUT2D eigenvalue weighted by Crippen LogP contribution is 2.48. The molecule has 0 radical (unpaired) electrons. The molecular formula is C23H21N7O. The van der Waals surface area contributed by atoms with Crippen LogP contribution < -0.4 is 9.64 Å². The van der Waals surface area contributed by atoms with E-state index in [0.717, 1.165) is 36.2 Å². The van der Waals surface area contributed by atoms with Crippen LogP contribution in [-0.4, -0.2) is 40.0 Å². The van der Waals surface area contributed by atoms with Gasteiger partial charge in [0.2, 0.25) is 5.69 Å². The van der Waals surface area contributed by atoms with E-state index in [4.69, 9.17) is 15.1 Å². The fourth-order valence-corrected chi connectivity index (χ4v) is 4.60. The summed E-state index contributed by atoms with van der Waals surface area (Å²) in [5, 5.41) is 27.2. The maximum atomic E-state index is 10.1. The number of fused-ring (bicyclic) bond motifs is 1. The Morgan fingerprint density at radius 1 is 1.13 bits per heavy atom. The normalized spacial score (nSPS) is 22.7. The second-order valence-electron chi connectivity index (χ2n) is 8.10. The molecule has 2 atom stereocenters. The van der Waals surface area contributed by atoms with Crippen molar-refractivity contribution in [2.75, 3.05) is 11.4 Å². The number of anilines is 1. The van der Waals surface area contributed by atoms with Gasteiger partial charge < -0.3 is 15.0 Å². The number of ether oxygens (including phenoxy) is 1. The second kappa shape index (κ2) is 7.81. The van der Waals surface area contributed by atoms with Gasteiger partial charge in [-0.3, -0.25) is 4.99 Å². The maximum Gasteiger partial charge on any atom is 0.256 e. The number of nitrogens with zero attached hydrogens (tertiary/aromatic N) is 6. The Morgan fingerprint density at radius 2 is 1.97 bits per heavy atom. The van der Waals surface area contributed by atoms with Gasteiger partial charge in [0.25, 0.3) is 5.88 Å². The summed E-state index contributed by atoms with van der Waals surface area (Å²) in [6, 6.07) is 10.5. The van der Waals surface area contributed by atoms with Crippen LogP contribution in [0.1, 0.15) is 49.3 Å². The first-order valence-electron chi connectivity index (χ1n) is 10.5. The summed E-state index contributed by atoms with van der Waals surface area (Å²) in [6.45, 7) is 0.427. The summed E-state index contributed by atoms with van der Waals surface area (Å²) in [4.78, 5) is 15.2. The Morgan fingerprint density at radius 3 is 2.65 bits per heavy atom. The topological polar surface area (TPSA) is 122 Å². The van der Waals surface area contributed by atoms with Crippen LogP contribution in [0.5, 0.6) is 11.6 Å². The van der Waals surface area contributed by atoms with E-state index in [2.05, 4.69) is 20.9 Å². The van der Waals surface area contributed by atoms with Crippen LogP contribution in [0.25, 0.3) is 0 Å². The fourth-order valence-electron chi connectivity index (χ4n) is 4.60. The van der Waals surface area contributed by atoms with Crippen LogP contribution in [0.2, 0.25) is 0 Å². The molecule has 2 aliphatic heterocycles. The zero-order valence-corrected chi connectivity index (χ0v) is 17.0. The van der Waals surface area contributed by atoms with Crippen LogP contribution in [0.15, 0.2) is 35.6 Å². The van der Waals surface area contributed by atoms with E-state index in [1.54, 1.807) is 0 Å². The van der Waals surface area contributed by atoms with Gasteiger partial charge in [-0.1, -0.05) is 6.07 Å². The predicted octanol–water partition coefficient (Wildman–Crippen LogP) is 3.74. The van der Waals surface area contributed by atoms with E-state index in [1.165, 1.54) is 18.8 Å². The van der Waals surface area contributed by atoms with E-state index in [0.29, 0.717) is 30.5 Å². The maximum absolute atomic E-state index is 10.1. The van der Waals surface area contributed by atoms with E-state index in [9.17, 15) is 10.5 Å². The largest absolute Gasteiger partial charge is 0.436 e. The molecule has 154 valence electrons. The average Bonchev–Trinajstić information content (AvgIpc) is 3.07. The predicted molar refractivity (Wildman–Crippen MR) is 115 cm³/mol. The van der Waals surface area contributed by atoms with Crippen molar-refractivity contribution in [3.63, 3.8) is 0 Å². The smallest absolute Gasteiger partial charge is 0.256 e. The Kier molecular flexibility index (Phi) is 4.83. The summed E-state index contributed by atoms with van der Waals surface area (Å²) in [6.07, 6.45) is 7.74. The highest BCUT2D eigenvalue weighted by atomic mass is 16.5. The van der Waals surface area contributed by atoms with Gasteiger partial charge in [-0.25, -0.2) is 9.97 Å². The lowest BCUT2D eigenvalue weighted by Gasteiger charge is -2.42. The van der Waals surface area contributed by atoms with Crippen molar-refractivity contribution in [2.24, 2.45) is 4.99 Å². The van der Waals surface area contributed by atoms with Crippen molar-refractivity contribution in [1.29, 1.82) is 15.9 Å². The molecule has 3 aliphatic rings. The minimum Gasteiger partial charge on any atom is -0.436 e. The number of benzene rings is 1. The first kappa shape index (κ1) is 19.2. The van der Waals surface area contributed by atoms with Gasteiger partial charge in [0.05, 0.1) is 24.6 Å². The Labute approximate surface area is 180 Å². The zero-order chi connectivity index (χ0) is 21.4. The van der Waals surface area contributed by atoms with Crippen LogP contribution in [-0.2, 0) is 0 Å². The van der Waals surface area contributed by atoms with Gasteiger partial charge in [-0.05, 0) is 43.7 Å². The molecule has 2 aromatic rings. The fraction of sp³-hybridized carbons (Fsp3) is 0.391. The number of hydrogen-bond acceptors (Lipinski definition) is 8. The monoisotopic (exact) mass is 411 g/mol. The molecule has 3 heterocycles. The van der Waals surface area contributed by atoms with Crippen molar-refractivity contribution in [2.45, 2.75) is 50.1 Å². The SMILES string of the molecule is N#Cc1nccnc1Oc1ccc2c(c1)N(C1CCC1)C(C1=NCC(=N)CC1)C2C#N. The van der Waals surface area contributed by atoms with Crippen molar-refractivity contribution in [1.82, 2.24) is 9.97 Å². The first-order valence-corrected chi connectivity index (χ1v) is 10.5. The van der Waals surface area contributed by atoms with Gasteiger partial charge in [0, 0.05) is 41.6 Å². The molecule has 0 saturated heterocycles. The van der Waals surface area contributed by atoms with Crippen molar-refractivity contribution in [3.8, 4) is 23.8 Å². The standard InChI is InChI=1S/C23H21N7O/c24-11-18-17-6-5-16(31-23-20(12-25)27-8-9-28-23)10-21(17)30(15-2-1-3-15)22(18)19-7-4-14(26)13-29-19/h5-6,8-10,15,18,22,26H,1-4,7,13H2. The number of aromatic nitrogens is 2. The van der Waals surface area contributed by atoms with Crippen molar-refractivity contribution < 1.29 is 4.74 Å². The third-order valence-corrected chi connectivity index (χ3v) is 6.32. The van der Waals surface area contributed by atoms with Crippen LogP contribution in [0.3, 0.4) is 0 Å². The molecule has 1 aromatic carbocycles. The molecule has 1 saturated carbocycles. The lowest BCUT2D eigenvalue weighted by Crippen LogP contribution is -2.50. The van der Waals surface area contributed by atoms with Gasteiger partial charge in [-0.2, -0.15) is 10.5 Å². The Balaban J connectivity index is 1.54. The highest BCUT2D eigenvalue weighted by molar-refractivity contribution is 6.02. The number of rotatable bonds is 4. The first-order chi connectivity index (χ1) is 15.2. The summed E-state index contributed by atoms with van der Waals surface area (Å²) in [5.74, 6) is 0.424. The molecule has 5 rings (SSSR count). The lowest BCUT2D eigenvalue weighted by atomic mass is 9.86. The molecule has 31 heavy (non-hydrogen) atoms. The minimum absolute atomic E-state index is 0.0974. The number of hydrogen-bond donors (Lipinski definition) is 1. The Bertz CT molecular complexity index is 1160. The lowest BCUT2D eigenvalue weighted by molar-refractivity contribution is 0.378. The molecule has 8 heteroatoms. The van der Waals surface area contributed by atoms with Gasteiger partial charge in [-0.15, -0.1) is 0 Å². The summed E-state index contributed by atoms with van der Waals surface area (Å²) in [7, 11) is 0. The molecule has 2 unspecified atom stereocenters. The number of nitriles is 2. The molecule has 8 nitrogen and oxygen atoms in total. The molecule has 1 aromatic heterocycles. The van der Waals surface area contributed by atoms with Crippen molar-refractivity contribution in [3.05, 3.63) is 41.9 Å². The third-order valence-electron chi connectivity index (χ3n) is 6.32. The van der Waals surface area contributed by atoms with Crippen LogP contribution in [0.4, 0.5) is 5.69 Å². The number of aliphatic imine (C=N–C) groups is 1. The molecule has 1 fully saturated rings. The number of nitrogens with one attached hydrogen (secondary N) is 1. The summed E-state index contributed by atoms with van der Waals surface area (Å²) >= 11 is 0. The molecule has 1 N–H and O–H groups in total. The molecule has 1 aliphatic carbocycles. The Hall–Kier alpha value is -3.78. The van der Waals surface area contributed by atoms with E-state index < -0.39 is 0 Å². The van der Waals surface area contributed by atoms with Crippen molar-refractivity contribution >= 4 is 17.1 Å². The van der Waals surface area contributed by atoms with Gasteiger partial charge >= 0.3 is 0 Å². The van der Waals surface area contributed by atoms with Gasteiger partial charge in [0.1, 0.15) is 11.8 Å². The average molecular weight is 411 g/mol. The molecule has 0 amide bonds. The molecule has 0 bridgehead atoms. The third kappa shape index (κ3) is 3.30. The van der Waals surface area contributed by atoms with Crippen LogP contribution in [0, 0.1) is 28.1 Å². The molecule has 0 spiro atoms. The minimum atomic E-state index is -0.304. The van der Waals surface area contributed by atoms with E-state index in [1.807, 2.05) is 24.3 Å². The van der Waals surface area contributed by atoms with Crippen LogP contribution >= 0.6 is 0 Å². The molecular weight excluding hydrogens is 390 g/mol. The van der Waals surface area contributed by atoms with Gasteiger partial charge in [0.15, 0.2) is 0 Å². The van der Waals surface area contributed by atoms with E-state index >= 15 is 0 Å². The highest BCUT2D eigenvalue weighted by Gasteiger charge is 2.46. The summed E-state index contributed by atoms with van der Waals surface area (Å²) in [5.41, 5.74) is 3.77. The summed E-state index contributed by atoms with van der Waals surface area (Å²) < 4.78 is 5.91. The van der Waals surface area contributed by atoms with E-state index in [-0.39, 0.29) is 23.5 Å². The second-order valence-corrected chi connectivity index (χ2v) is 8.10. The zero-order valence-electron chi connectivity index (χ0n) is 17.0. The quantitative estimate of drug-likeness (QED) is 0.818.